The van der Waals surface area contributed by atoms with E-state index in [-0.39, 0.29) is 5.78 Å². The third-order valence-corrected chi connectivity index (χ3v) is 2.58. The first-order valence-corrected chi connectivity index (χ1v) is 5.14. The van der Waals surface area contributed by atoms with E-state index in [2.05, 4.69) is 0 Å². The van der Waals surface area contributed by atoms with Crippen molar-refractivity contribution in [1.82, 2.24) is 0 Å². The molecule has 0 N–H and O–H groups in total. The summed E-state index contributed by atoms with van der Waals surface area (Å²) < 4.78 is 5.39. The van der Waals surface area contributed by atoms with Crippen LogP contribution in [0.3, 0.4) is 0 Å². The topological polar surface area (TPSA) is 43.4 Å². The van der Waals surface area contributed by atoms with Gasteiger partial charge >= 0.3 is 0 Å². The van der Waals surface area contributed by atoms with Gasteiger partial charge in [-0.2, -0.15) is 0 Å². The van der Waals surface area contributed by atoms with Crippen molar-refractivity contribution in [1.29, 1.82) is 0 Å². The number of allylic oxidation sites excluding steroid dienone is 2. The maximum atomic E-state index is 11.0. The van der Waals surface area contributed by atoms with Crippen molar-refractivity contribution in [2.75, 3.05) is 7.11 Å². The lowest BCUT2D eigenvalue weighted by molar-refractivity contribution is -0.111. The first-order chi connectivity index (χ1) is 7.22. The second kappa shape index (κ2) is 5.61. The predicted molar refractivity (Wildman–Crippen MR) is 57.6 cm³/mol. The van der Waals surface area contributed by atoms with Crippen LogP contribution in [-0.2, 0) is 14.3 Å². The minimum absolute atomic E-state index is 0.00411. The summed E-state index contributed by atoms with van der Waals surface area (Å²) in [7, 11) is 1.63. The van der Waals surface area contributed by atoms with E-state index in [9.17, 15) is 9.59 Å². The molecule has 15 heavy (non-hydrogen) atoms. The van der Waals surface area contributed by atoms with Gasteiger partial charge in [0, 0.05) is 13.5 Å². The lowest BCUT2D eigenvalue weighted by Gasteiger charge is -2.27. The van der Waals surface area contributed by atoms with Gasteiger partial charge in [-0.1, -0.05) is 0 Å². The molecule has 1 aliphatic carbocycles. The van der Waals surface area contributed by atoms with Crippen LogP contribution >= 0.6 is 0 Å². The summed E-state index contributed by atoms with van der Waals surface area (Å²) in [6.07, 6.45) is 10.7. The van der Waals surface area contributed by atoms with Crippen LogP contribution in [0.1, 0.15) is 25.7 Å². The molecule has 1 rings (SSSR count). The van der Waals surface area contributed by atoms with Gasteiger partial charge in [0.2, 0.25) is 0 Å². The number of methoxy groups -OCH3 is 1. The van der Waals surface area contributed by atoms with Gasteiger partial charge in [-0.3, -0.25) is 4.79 Å². The van der Waals surface area contributed by atoms with Crippen LogP contribution < -0.4 is 0 Å². The van der Waals surface area contributed by atoms with Crippen molar-refractivity contribution in [2.24, 2.45) is 0 Å². The molecule has 0 radical (unpaired) electrons. The Morgan fingerprint density at radius 3 is 2.53 bits per heavy atom. The Labute approximate surface area is 89.8 Å². The SMILES string of the molecule is COC1(CCCCC=O)C=CC(=O)C=C1. The number of aldehydes is 1. The Morgan fingerprint density at radius 2 is 2.00 bits per heavy atom. The van der Waals surface area contributed by atoms with Gasteiger partial charge in [0.05, 0.1) is 0 Å². The van der Waals surface area contributed by atoms with Crippen molar-refractivity contribution in [3.05, 3.63) is 24.3 Å². The van der Waals surface area contributed by atoms with Crippen LogP contribution in [0.2, 0.25) is 0 Å². The van der Waals surface area contributed by atoms with E-state index in [1.165, 1.54) is 12.2 Å². The molecule has 0 spiro atoms. The molecule has 3 nitrogen and oxygen atoms in total. The summed E-state index contributed by atoms with van der Waals surface area (Å²) >= 11 is 0. The molecule has 0 aromatic carbocycles. The number of carbonyl (C=O) groups excluding carboxylic acids is 2. The number of ketones is 1. The normalized spacial score (nSPS) is 18.1. The molecule has 0 aromatic heterocycles. The Bertz CT molecular complexity index is 273. The molecular formula is C12H16O3. The van der Waals surface area contributed by atoms with E-state index in [4.69, 9.17) is 4.74 Å². The fourth-order valence-corrected chi connectivity index (χ4v) is 1.59. The van der Waals surface area contributed by atoms with Crippen molar-refractivity contribution >= 4 is 12.1 Å². The van der Waals surface area contributed by atoms with Crippen molar-refractivity contribution in [2.45, 2.75) is 31.3 Å². The number of unbranched alkanes of at least 4 members (excludes halogenated alkanes) is 2. The Balaban J connectivity index is 2.47. The number of hydrogen-bond donors (Lipinski definition) is 0. The van der Waals surface area contributed by atoms with Gasteiger partial charge in [0.15, 0.2) is 5.78 Å². The molecule has 0 heterocycles. The molecular weight excluding hydrogens is 192 g/mol. The lowest BCUT2D eigenvalue weighted by Crippen LogP contribution is -2.28. The van der Waals surface area contributed by atoms with Crippen molar-refractivity contribution in [3.8, 4) is 0 Å². The zero-order valence-electron chi connectivity index (χ0n) is 8.94. The van der Waals surface area contributed by atoms with Gasteiger partial charge in [0.25, 0.3) is 0 Å². The van der Waals surface area contributed by atoms with Crippen LogP contribution in [0.4, 0.5) is 0 Å². The number of carbonyl (C=O) groups is 2. The first kappa shape index (κ1) is 11.9. The zero-order valence-corrected chi connectivity index (χ0v) is 8.94. The first-order valence-electron chi connectivity index (χ1n) is 5.14. The molecule has 0 fully saturated rings. The molecule has 0 bridgehead atoms. The molecule has 82 valence electrons. The smallest absolute Gasteiger partial charge is 0.178 e. The van der Waals surface area contributed by atoms with Crippen LogP contribution in [0.5, 0.6) is 0 Å². The van der Waals surface area contributed by atoms with Crippen molar-refractivity contribution < 1.29 is 14.3 Å². The Kier molecular flexibility index (Phi) is 4.43. The molecule has 1 aliphatic rings. The summed E-state index contributed by atoms with van der Waals surface area (Å²) in [6.45, 7) is 0. The highest BCUT2D eigenvalue weighted by Gasteiger charge is 2.25. The highest BCUT2D eigenvalue weighted by molar-refractivity contribution is 6.00. The van der Waals surface area contributed by atoms with Gasteiger partial charge in [-0.25, -0.2) is 0 Å². The molecule has 3 heteroatoms. The van der Waals surface area contributed by atoms with Crippen LogP contribution in [0, 0.1) is 0 Å². The molecule has 0 atom stereocenters. The molecule has 0 aliphatic heterocycles. The summed E-state index contributed by atoms with van der Waals surface area (Å²) in [5, 5.41) is 0. The maximum Gasteiger partial charge on any atom is 0.178 e. The van der Waals surface area contributed by atoms with Gasteiger partial charge in [-0.05, 0) is 43.6 Å². The van der Waals surface area contributed by atoms with E-state index in [1.54, 1.807) is 19.3 Å². The second-order valence-corrected chi connectivity index (χ2v) is 3.64. The van der Waals surface area contributed by atoms with E-state index >= 15 is 0 Å². The monoisotopic (exact) mass is 208 g/mol. The van der Waals surface area contributed by atoms with E-state index in [0.29, 0.717) is 6.42 Å². The molecule has 0 unspecified atom stereocenters. The third-order valence-electron chi connectivity index (χ3n) is 2.58. The van der Waals surface area contributed by atoms with E-state index in [0.717, 1.165) is 25.5 Å². The number of rotatable bonds is 6. The standard InChI is InChI=1S/C12H16O3/c1-15-12(7-3-2-4-10-13)8-5-11(14)6-9-12/h5-6,8-10H,2-4,7H2,1H3. The number of hydrogen-bond acceptors (Lipinski definition) is 3. The molecule has 0 saturated carbocycles. The highest BCUT2D eigenvalue weighted by Crippen LogP contribution is 2.25. The highest BCUT2D eigenvalue weighted by atomic mass is 16.5. The van der Waals surface area contributed by atoms with Crippen LogP contribution in [-0.4, -0.2) is 24.8 Å². The fourth-order valence-electron chi connectivity index (χ4n) is 1.59. The summed E-state index contributed by atoms with van der Waals surface area (Å²) in [5.74, 6) is -0.00411. The maximum absolute atomic E-state index is 11.0. The molecule has 0 aromatic rings. The zero-order chi connectivity index (χ0) is 11.1. The largest absolute Gasteiger partial charge is 0.370 e. The van der Waals surface area contributed by atoms with E-state index in [1.807, 2.05) is 0 Å². The lowest BCUT2D eigenvalue weighted by atomic mass is 9.91. The van der Waals surface area contributed by atoms with Crippen molar-refractivity contribution in [3.63, 3.8) is 0 Å². The Morgan fingerprint density at radius 1 is 1.33 bits per heavy atom. The van der Waals surface area contributed by atoms with E-state index < -0.39 is 5.60 Å². The average molecular weight is 208 g/mol. The number of ether oxygens (including phenoxy) is 1. The second-order valence-electron chi connectivity index (χ2n) is 3.64. The summed E-state index contributed by atoms with van der Waals surface area (Å²) in [5.41, 5.74) is -0.448. The quantitative estimate of drug-likeness (QED) is 0.494. The van der Waals surface area contributed by atoms with Gasteiger partial charge in [0.1, 0.15) is 11.9 Å². The summed E-state index contributed by atoms with van der Waals surface area (Å²) in [4.78, 5) is 21.1. The summed E-state index contributed by atoms with van der Waals surface area (Å²) in [6, 6.07) is 0. The Hall–Kier alpha value is -1.22. The van der Waals surface area contributed by atoms with Gasteiger partial charge in [-0.15, -0.1) is 0 Å². The minimum Gasteiger partial charge on any atom is -0.370 e. The van der Waals surface area contributed by atoms with Gasteiger partial charge < -0.3 is 9.53 Å². The molecule has 0 amide bonds. The predicted octanol–water partition coefficient (Wildman–Crippen LogP) is 1.83. The van der Waals surface area contributed by atoms with Crippen LogP contribution in [0.15, 0.2) is 24.3 Å². The minimum atomic E-state index is -0.448. The fraction of sp³-hybridized carbons (Fsp3) is 0.500. The average Bonchev–Trinajstić information content (AvgIpc) is 2.28. The molecule has 0 saturated heterocycles. The van der Waals surface area contributed by atoms with Crippen LogP contribution in [0.25, 0.3) is 0 Å². The third kappa shape index (κ3) is 3.44.